The molecule has 0 bridgehead atoms. The van der Waals surface area contributed by atoms with Crippen LogP contribution >= 0.6 is 0 Å². The molecule has 2 aliphatic heterocycles. The summed E-state index contributed by atoms with van der Waals surface area (Å²) < 4.78 is 7.66. The van der Waals surface area contributed by atoms with Gasteiger partial charge in [-0.1, -0.05) is 42.5 Å². The van der Waals surface area contributed by atoms with Crippen LogP contribution in [0.3, 0.4) is 0 Å². The van der Waals surface area contributed by atoms with Crippen LogP contribution in [-0.2, 0) is 16.6 Å². The molecule has 264 valence electrons. The zero-order valence-electron chi connectivity index (χ0n) is 28.4. The van der Waals surface area contributed by atoms with E-state index in [1.807, 2.05) is 54.6 Å². The third-order valence-electron chi connectivity index (χ3n) is 9.28. The predicted molar refractivity (Wildman–Crippen MR) is 193 cm³/mol. The van der Waals surface area contributed by atoms with Gasteiger partial charge in [0.05, 0.1) is 11.1 Å². The number of nitrogens with zero attached hydrogens (tertiary/aromatic N) is 2. The zero-order chi connectivity index (χ0) is 36.4. The molecule has 0 aliphatic carbocycles. The lowest BCUT2D eigenvalue weighted by molar-refractivity contribution is -0.136. The standard InChI is InChI=1S/C39H36N6O7/c1-44-22-27(24-13-6-7-16-31(24)52-23-11-4-2-5-12-23)26-21-29(42-34(26)39(44)51)35(47)41-20-9-3-8-19-40-28-15-10-14-25-33(28)38(50)45(37(25)49)30-17-18-32(46)43-36(30)48/h2,4-7,10-16,21-22,30,40,42H,3,8-9,17-20H2,1H3,(H,41,47)(H,43,46,48). The van der Waals surface area contributed by atoms with Crippen molar-refractivity contribution >= 4 is 46.1 Å². The zero-order valence-corrected chi connectivity index (χ0v) is 28.4. The molecular weight excluding hydrogens is 664 g/mol. The van der Waals surface area contributed by atoms with Crippen molar-refractivity contribution in [3.63, 3.8) is 0 Å². The number of hydrogen-bond acceptors (Lipinski definition) is 8. The summed E-state index contributed by atoms with van der Waals surface area (Å²) >= 11 is 0. The first-order valence-electron chi connectivity index (χ1n) is 17.1. The first-order chi connectivity index (χ1) is 25.2. The number of anilines is 1. The van der Waals surface area contributed by atoms with E-state index in [0.717, 1.165) is 28.9 Å². The number of hydrogen-bond donors (Lipinski definition) is 4. The van der Waals surface area contributed by atoms with Crippen molar-refractivity contribution in [2.75, 3.05) is 18.4 Å². The van der Waals surface area contributed by atoms with E-state index in [1.165, 1.54) is 4.57 Å². The van der Waals surface area contributed by atoms with Crippen molar-refractivity contribution in [1.29, 1.82) is 0 Å². The molecule has 0 spiro atoms. The van der Waals surface area contributed by atoms with Gasteiger partial charge in [-0.3, -0.25) is 39.0 Å². The molecule has 7 rings (SSSR count). The minimum Gasteiger partial charge on any atom is -0.457 e. The monoisotopic (exact) mass is 700 g/mol. The highest BCUT2D eigenvalue weighted by Gasteiger charge is 2.45. The minimum atomic E-state index is -1.03. The van der Waals surface area contributed by atoms with Crippen LogP contribution in [0.2, 0.25) is 0 Å². The van der Waals surface area contributed by atoms with Gasteiger partial charge in [0.25, 0.3) is 23.3 Å². The topological polar surface area (TPSA) is 172 Å². The van der Waals surface area contributed by atoms with Gasteiger partial charge >= 0.3 is 0 Å². The summed E-state index contributed by atoms with van der Waals surface area (Å²) in [7, 11) is 1.67. The fourth-order valence-electron chi connectivity index (χ4n) is 6.67. The Labute approximate surface area is 298 Å². The predicted octanol–water partition coefficient (Wildman–Crippen LogP) is 4.74. The lowest BCUT2D eigenvalue weighted by Gasteiger charge is -2.27. The number of aromatic nitrogens is 2. The Morgan fingerprint density at radius 3 is 2.40 bits per heavy atom. The van der Waals surface area contributed by atoms with E-state index in [0.29, 0.717) is 47.6 Å². The molecule has 5 amide bonds. The molecule has 1 fully saturated rings. The smallest absolute Gasteiger partial charge is 0.274 e. The maximum absolute atomic E-state index is 13.3. The highest BCUT2D eigenvalue weighted by molar-refractivity contribution is 6.25. The summed E-state index contributed by atoms with van der Waals surface area (Å²) in [6, 6.07) is 22.6. The van der Waals surface area contributed by atoms with Gasteiger partial charge in [0.2, 0.25) is 11.8 Å². The number of unbranched alkanes of at least 4 members (excludes halogenated alkanes) is 2. The average molecular weight is 701 g/mol. The van der Waals surface area contributed by atoms with Crippen LogP contribution in [0.25, 0.3) is 22.0 Å². The summed E-state index contributed by atoms with van der Waals surface area (Å²) in [5.41, 5.74) is 2.77. The van der Waals surface area contributed by atoms with Crippen LogP contribution < -0.4 is 26.2 Å². The van der Waals surface area contributed by atoms with Gasteiger partial charge < -0.3 is 24.9 Å². The number of pyridine rings is 1. The molecule has 13 heteroatoms. The Hall–Kier alpha value is -6.50. The first-order valence-corrected chi connectivity index (χ1v) is 17.1. The van der Waals surface area contributed by atoms with Gasteiger partial charge in [-0.15, -0.1) is 0 Å². The second-order valence-electron chi connectivity index (χ2n) is 12.8. The second-order valence-corrected chi connectivity index (χ2v) is 12.8. The summed E-state index contributed by atoms with van der Waals surface area (Å²) in [6.07, 6.45) is 4.04. The molecule has 0 radical (unpaired) electrons. The summed E-state index contributed by atoms with van der Waals surface area (Å²) in [6.45, 7) is 0.912. The van der Waals surface area contributed by atoms with E-state index < -0.39 is 29.7 Å². The summed E-state index contributed by atoms with van der Waals surface area (Å²) in [4.78, 5) is 80.6. The number of ether oxygens (including phenoxy) is 1. The Bertz CT molecular complexity index is 2290. The van der Waals surface area contributed by atoms with Gasteiger partial charge in [0.15, 0.2) is 0 Å². The number of para-hydroxylation sites is 2. The number of amides is 5. The van der Waals surface area contributed by atoms with E-state index >= 15 is 0 Å². The fourth-order valence-corrected chi connectivity index (χ4v) is 6.67. The van der Waals surface area contributed by atoms with Gasteiger partial charge in [-0.2, -0.15) is 0 Å². The highest BCUT2D eigenvalue weighted by atomic mass is 16.5. The molecular formula is C39H36N6O7. The fraction of sp³-hybridized carbons (Fsp3) is 0.231. The highest BCUT2D eigenvalue weighted by Crippen LogP contribution is 2.37. The number of H-pyrrole nitrogens is 1. The number of nitrogens with one attached hydrogen (secondary N) is 4. The van der Waals surface area contributed by atoms with Crippen molar-refractivity contribution in [3.8, 4) is 22.6 Å². The van der Waals surface area contributed by atoms with Crippen LogP contribution in [0.5, 0.6) is 11.5 Å². The number of fused-ring (bicyclic) bond motifs is 2. The molecule has 1 unspecified atom stereocenters. The van der Waals surface area contributed by atoms with Crippen molar-refractivity contribution in [3.05, 3.63) is 112 Å². The Balaban J connectivity index is 0.949. The molecule has 2 aromatic heterocycles. The van der Waals surface area contributed by atoms with Crippen molar-refractivity contribution in [2.45, 2.75) is 38.1 Å². The van der Waals surface area contributed by atoms with Gasteiger partial charge in [-0.05, 0) is 62.1 Å². The summed E-state index contributed by atoms with van der Waals surface area (Å²) in [5.74, 6) is -1.24. The third-order valence-corrected chi connectivity index (χ3v) is 9.28. The van der Waals surface area contributed by atoms with Gasteiger partial charge in [0, 0.05) is 55.0 Å². The van der Waals surface area contributed by atoms with E-state index in [4.69, 9.17) is 4.74 Å². The van der Waals surface area contributed by atoms with Crippen molar-refractivity contribution in [2.24, 2.45) is 7.05 Å². The molecule has 4 heterocycles. The molecule has 3 aromatic carbocycles. The van der Waals surface area contributed by atoms with Gasteiger partial charge in [0.1, 0.15) is 28.8 Å². The van der Waals surface area contributed by atoms with E-state index in [1.54, 1.807) is 37.5 Å². The third kappa shape index (κ3) is 6.55. The van der Waals surface area contributed by atoms with Gasteiger partial charge in [-0.25, -0.2) is 0 Å². The number of benzene rings is 3. The van der Waals surface area contributed by atoms with Crippen LogP contribution in [-0.4, -0.2) is 63.1 Å². The SMILES string of the molecule is Cn1cc(-c2ccccc2Oc2ccccc2)c2cc(C(=O)NCCCCCNc3cccc4c3C(=O)N(C3CCC(=O)NC3=O)C4=O)[nH]c2c1=O. The maximum Gasteiger partial charge on any atom is 0.274 e. The number of carbonyl (C=O) groups is 5. The van der Waals surface area contributed by atoms with Crippen LogP contribution in [0, 0.1) is 0 Å². The molecule has 52 heavy (non-hydrogen) atoms. The molecule has 2 aliphatic rings. The number of imide groups is 2. The number of piperidine rings is 1. The minimum absolute atomic E-state index is 0.0540. The number of rotatable bonds is 12. The molecule has 5 aromatic rings. The lowest BCUT2D eigenvalue weighted by Crippen LogP contribution is -2.54. The number of carbonyl (C=O) groups excluding carboxylic acids is 5. The van der Waals surface area contributed by atoms with E-state index in [2.05, 4.69) is 20.9 Å². The Morgan fingerprint density at radius 2 is 1.60 bits per heavy atom. The largest absolute Gasteiger partial charge is 0.457 e. The van der Waals surface area contributed by atoms with Crippen molar-refractivity contribution in [1.82, 2.24) is 25.1 Å². The summed E-state index contributed by atoms with van der Waals surface area (Å²) in [5, 5.41) is 8.98. The average Bonchev–Trinajstić information content (AvgIpc) is 3.70. The van der Waals surface area contributed by atoms with E-state index in [9.17, 15) is 28.8 Å². The van der Waals surface area contributed by atoms with E-state index in [-0.39, 0.29) is 41.1 Å². The molecule has 13 nitrogen and oxygen atoms in total. The second kappa shape index (κ2) is 14.4. The number of aryl methyl sites for hydroxylation is 1. The quantitative estimate of drug-likeness (QED) is 0.107. The van der Waals surface area contributed by atoms with Crippen LogP contribution in [0.15, 0.2) is 89.9 Å². The lowest BCUT2D eigenvalue weighted by atomic mass is 10.0. The van der Waals surface area contributed by atoms with Crippen LogP contribution in [0.1, 0.15) is 63.3 Å². The van der Waals surface area contributed by atoms with Crippen molar-refractivity contribution < 1.29 is 28.7 Å². The Kier molecular flexibility index (Phi) is 9.40. The normalized spacial score (nSPS) is 15.5. The molecule has 1 atom stereocenters. The number of aromatic amines is 1. The van der Waals surface area contributed by atoms with Crippen LogP contribution in [0.4, 0.5) is 5.69 Å². The molecule has 4 N–H and O–H groups in total. The Morgan fingerprint density at radius 1 is 0.846 bits per heavy atom. The molecule has 0 saturated carbocycles. The molecule has 1 saturated heterocycles. The maximum atomic E-state index is 13.3. The first kappa shape index (κ1) is 34.0.